The first kappa shape index (κ1) is 17.8. The zero-order valence-electron chi connectivity index (χ0n) is 14.7. The number of hydrogen-bond acceptors (Lipinski definition) is 5. The highest BCUT2D eigenvalue weighted by Gasteiger charge is 2.15. The fraction of sp³-hybridized carbons (Fsp3) is 0.150. The van der Waals surface area contributed by atoms with Crippen LogP contribution in [0.3, 0.4) is 0 Å². The molecule has 5 nitrogen and oxygen atoms in total. The molecule has 7 heteroatoms. The average Bonchev–Trinajstić information content (AvgIpc) is 3.34. The highest BCUT2D eigenvalue weighted by molar-refractivity contribution is 7.98. The van der Waals surface area contributed by atoms with Gasteiger partial charge in [0.15, 0.2) is 16.7 Å². The fourth-order valence-corrected chi connectivity index (χ4v) is 3.85. The molecule has 0 atom stereocenters. The first-order valence-corrected chi connectivity index (χ1v) is 9.94. The second kappa shape index (κ2) is 7.98. The van der Waals surface area contributed by atoms with Crippen molar-refractivity contribution < 1.29 is 4.52 Å². The summed E-state index contributed by atoms with van der Waals surface area (Å²) in [5.41, 5.74) is 2.84. The molecule has 0 amide bonds. The summed E-state index contributed by atoms with van der Waals surface area (Å²) in [5, 5.41) is 14.4. The van der Waals surface area contributed by atoms with Gasteiger partial charge in [0.1, 0.15) is 0 Å². The third kappa shape index (κ3) is 3.91. The number of aromatic nitrogens is 4. The molecule has 2 aromatic carbocycles. The van der Waals surface area contributed by atoms with Gasteiger partial charge in [-0.1, -0.05) is 71.0 Å². The zero-order chi connectivity index (χ0) is 18.6. The summed E-state index contributed by atoms with van der Waals surface area (Å²) in [6.45, 7) is 2.84. The summed E-state index contributed by atoms with van der Waals surface area (Å²) >= 11 is 7.70. The van der Waals surface area contributed by atoms with E-state index < -0.39 is 0 Å². The summed E-state index contributed by atoms with van der Waals surface area (Å²) in [6, 6.07) is 19.6. The molecule has 0 unspecified atom stereocenters. The molecule has 0 saturated heterocycles. The van der Waals surface area contributed by atoms with E-state index in [1.807, 2.05) is 60.7 Å². The van der Waals surface area contributed by atoms with Crippen molar-refractivity contribution in [2.75, 3.05) is 0 Å². The molecule has 0 aliphatic carbocycles. The SMILES string of the molecule is CCn1c(SCc2cc(-c3ccccc3)on2)nnc1-c1cccc(Cl)c1. The van der Waals surface area contributed by atoms with Crippen molar-refractivity contribution in [3.05, 3.63) is 71.4 Å². The van der Waals surface area contributed by atoms with Crippen molar-refractivity contribution in [1.29, 1.82) is 0 Å². The maximum Gasteiger partial charge on any atom is 0.191 e. The molecule has 27 heavy (non-hydrogen) atoms. The molecule has 0 N–H and O–H groups in total. The van der Waals surface area contributed by atoms with Crippen LogP contribution in [-0.4, -0.2) is 19.9 Å². The van der Waals surface area contributed by atoms with E-state index in [4.69, 9.17) is 16.1 Å². The van der Waals surface area contributed by atoms with Crippen LogP contribution in [0.15, 0.2) is 70.3 Å². The summed E-state index contributed by atoms with van der Waals surface area (Å²) in [5.74, 6) is 2.24. The predicted octanol–water partition coefficient (Wildman–Crippen LogP) is 5.57. The van der Waals surface area contributed by atoms with E-state index in [1.54, 1.807) is 11.8 Å². The first-order chi connectivity index (χ1) is 13.2. The molecule has 2 aromatic heterocycles. The molecule has 136 valence electrons. The Bertz CT molecular complexity index is 1050. The second-order valence-corrected chi connectivity index (χ2v) is 7.28. The molecule has 0 aliphatic heterocycles. The molecule has 4 aromatic rings. The first-order valence-electron chi connectivity index (χ1n) is 8.57. The molecule has 0 aliphatic rings. The summed E-state index contributed by atoms with van der Waals surface area (Å²) < 4.78 is 7.54. The topological polar surface area (TPSA) is 56.7 Å². The van der Waals surface area contributed by atoms with E-state index in [-0.39, 0.29) is 0 Å². The Morgan fingerprint density at radius 3 is 2.59 bits per heavy atom. The molecule has 2 heterocycles. The minimum absolute atomic E-state index is 0.657. The Morgan fingerprint density at radius 1 is 1.00 bits per heavy atom. The number of thioether (sulfide) groups is 1. The van der Waals surface area contributed by atoms with E-state index in [9.17, 15) is 0 Å². The van der Waals surface area contributed by atoms with Crippen molar-refractivity contribution in [3.63, 3.8) is 0 Å². The standard InChI is InChI=1S/C20H17ClN4OS/c1-2-25-19(15-9-6-10-16(21)11-15)22-23-20(25)27-13-17-12-18(26-24-17)14-7-4-3-5-8-14/h3-12H,2,13H2,1H3. The van der Waals surface area contributed by atoms with Crippen LogP contribution in [0.5, 0.6) is 0 Å². The van der Waals surface area contributed by atoms with Gasteiger partial charge >= 0.3 is 0 Å². The van der Waals surface area contributed by atoms with Crippen LogP contribution in [0.25, 0.3) is 22.7 Å². The summed E-state index contributed by atoms with van der Waals surface area (Å²) in [4.78, 5) is 0. The predicted molar refractivity (Wildman–Crippen MR) is 108 cm³/mol. The van der Waals surface area contributed by atoms with Crippen molar-refractivity contribution in [1.82, 2.24) is 19.9 Å². The van der Waals surface area contributed by atoms with Crippen LogP contribution in [0.1, 0.15) is 12.6 Å². The minimum Gasteiger partial charge on any atom is -0.356 e. The maximum absolute atomic E-state index is 6.11. The lowest BCUT2D eigenvalue weighted by atomic mass is 10.2. The maximum atomic E-state index is 6.11. The van der Waals surface area contributed by atoms with Gasteiger partial charge in [-0.05, 0) is 19.1 Å². The number of nitrogens with zero attached hydrogens (tertiary/aromatic N) is 4. The van der Waals surface area contributed by atoms with Gasteiger partial charge in [-0.15, -0.1) is 10.2 Å². The van der Waals surface area contributed by atoms with Gasteiger partial charge in [0.25, 0.3) is 0 Å². The number of halogens is 1. The van der Waals surface area contributed by atoms with Gasteiger partial charge in [0, 0.05) is 34.5 Å². The molecule has 4 rings (SSSR count). The zero-order valence-corrected chi connectivity index (χ0v) is 16.2. The van der Waals surface area contributed by atoms with E-state index in [2.05, 4.69) is 26.8 Å². The monoisotopic (exact) mass is 396 g/mol. The molecule has 0 fully saturated rings. The third-order valence-electron chi connectivity index (χ3n) is 4.08. The molecule has 0 spiro atoms. The Labute approximate surface area is 166 Å². The molecule has 0 saturated carbocycles. The van der Waals surface area contributed by atoms with Crippen molar-refractivity contribution >= 4 is 23.4 Å². The lowest BCUT2D eigenvalue weighted by Gasteiger charge is -2.07. The summed E-state index contributed by atoms with van der Waals surface area (Å²) in [7, 11) is 0. The quantitative estimate of drug-likeness (QED) is 0.399. The molecular formula is C20H17ClN4OS. The normalized spacial score (nSPS) is 11.0. The van der Waals surface area contributed by atoms with Gasteiger partial charge in [-0.2, -0.15) is 0 Å². The van der Waals surface area contributed by atoms with Gasteiger partial charge in [-0.3, -0.25) is 0 Å². The second-order valence-electron chi connectivity index (χ2n) is 5.90. The van der Waals surface area contributed by atoms with Gasteiger partial charge in [0.2, 0.25) is 0 Å². The average molecular weight is 397 g/mol. The Morgan fingerprint density at radius 2 is 1.81 bits per heavy atom. The number of hydrogen-bond donors (Lipinski definition) is 0. The highest BCUT2D eigenvalue weighted by Crippen LogP contribution is 2.28. The van der Waals surface area contributed by atoms with Crippen LogP contribution < -0.4 is 0 Å². The van der Waals surface area contributed by atoms with E-state index in [0.29, 0.717) is 10.8 Å². The number of benzene rings is 2. The van der Waals surface area contributed by atoms with Crippen molar-refractivity contribution in [3.8, 4) is 22.7 Å². The Balaban J connectivity index is 1.52. The largest absolute Gasteiger partial charge is 0.356 e. The van der Waals surface area contributed by atoms with Gasteiger partial charge in [-0.25, -0.2) is 0 Å². The fourth-order valence-electron chi connectivity index (χ4n) is 2.78. The lowest BCUT2D eigenvalue weighted by Crippen LogP contribution is -1.99. The van der Waals surface area contributed by atoms with E-state index >= 15 is 0 Å². The summed E-state index contributed by atoms with van der Waals surface area (Å²) in [6.07, 6.45) is 0. The van der Waals surface area contributed by atoms with Crippen LogP contribution >= 0.6 is 23.4 Å². The van der Waals surface area contributed by atoms with Gasteiger partial charge < -0.3 is 9.09 Å². The Hall–Kier alpha value is -2.57. The molecular weight excluding hydrogens is 380 g/mol. The number of rotatable bonds is 6. The smallest absolute Gasteiger partial charge is 0.191 e. The van der Waals surface area contributed by atoms with E-state index in [0.717, 1.165) is 40.1 Å². The van der Waals surface area contributed by atoms with Crippen molar-refractivity contribution in [2.45, 2.75) is 24.4 Å². The molecule has 0 bridgehead atoms. The van der Waals surface area contributed by atoms with Gasteiger partial charge in [0.05, 0.1) is 5.69 Å². The lowest BCUT2D eigenvalue weighted by molar-refractivity contribution is 0.426. The van der Waals surface area contributed by atoms with Crippen LogP contribution in [-0.2, 0) is 12.3 Å². The van der Waals surface area contributed by atoms with Crippen LogP contribution in [0.4, 0.5) is 0 Å². The highest BCUT2D eigenvalue weighted by atomic mass is 35.5. The Kier molecular flexibility index (Phi) is 5.27. The minimum atomic E-state index is 0.657. The van der Waals surface area contributed by atoms with Crippen LogP contribution in [0, 0.1) is 0 Å². The third-order valence-corrected chi connectivity index (χ3v) is 5.32. The molecule has 0 radical (unpaired) electrons. The van der Waals surface area contributed by atoms with Crippen LogP contribution in [0.2, 0.25) is 5.02 Å². The van der Waals surface area contributed by atoms with E-state index in [1.165, 1.54) is 0 Å². The van der Waals surface area contributed by atoms with Crippen molar-refractivity contribution in [2.24, 2.45) is 0 Å².